The molecule has 0 saturated heterocycles. The number of hydrogen-bond acceptors (Lipinski definition) is 3. The van der Waals surface area contributed by atoms with Crippen LogP contribution in [0.15, 0.2) is 48.5 Å². The van der Waals surface area contributed by atoms with Crippen LogP contribution in [-0.4, -0.2) is 9.97 Å². The molecule has 0 spiro atoms. The first kappa shape index (κ1) is 14.4. The Hall–Kier alpha value is -2.49. The summed E-state index contributed by atoms with van der Waals surface area (Å²) in [6, 6.07) is 14.5. The fourth-order valence-electron chi connectivity index (χ4n) is 2.32. The normalized spacial score (nSPS) is 11.1. The number of nitrogens with one attached hydrogen (secondary N) is 1. The Morgan fingerprint density at radius 2 is 1.86 bits per heavy atom. The minimum atomic E-state index is -0.227. The standard InChI is InChI=1S/C18H18FN3/c1-12(2)17-21-16-9-4-3-8-15(16)18(22-17)20-11-13-6-5-7-14(19)10-13/h3-10,12H,11H2,1-2H3,(H,20,21,22). The summed E-state index contributed by atoms with van der Waals surface area (Å²) in [6.07, 6.45) is 0. The maximum atomic E-state index is 13.3. The van der Waals surface area contributed by atoms with Gasteiger partial charge in [0, 0.05) is 17.8 Å². The summed E-state index contributed by atoms with van der Waals surface area (Å²) >= 11 is 0. The molecular formula is C18H18FN3. The van der Waals surface area contributed by atoms with Crippen LogP contribution in [-0.2, 0) is 6.54 Å². The molecule has 1 aromatic heterocycles. The third-order valence-corrected chi connectivity index (χ3v) is 3.49. The molecule has 2 aromatic carbocycles. The van der Waals surface area contributed by atoms with Gasteiger partial charge in [-0.3, -0.25) is 0 Å². The van der Waals surface area contributed by atoms with Gasteiger partial charge in [-0.25, -0.2) is 14.4 Å². The topological polar surface area (TPSA) is 37.8 Å². The zero-order chi connectivity index (χ0) is 15.5. The van der Waals surface area contributed by atoms with Crippen LogP contribution >= 0.6 is 0 Å². The second-order valence-electron chi connectivity index (χ2n) is 5.59. The Kier molecular flexibility index (Phi) is 4.00. The van der Waals surface area contributed by atoms with Crippen molar-refractivity contribution in [3.05, 3.63) is 65.7 Å². The maximum absolute atomic E-state index is 13.3. The van der Waals surface area contributed by atoms with E-state index in [-0.39, 0.29) is 11.7 Å². The van der Waals surface area contributed by atoms with E-state index >= 15 is 0 Å². The van der Waals surface area contributed by atoms with E-state index in [0.717, 1.165) is 28.1 Å². The molecule has 1 N–H and O–H groups in total. The van der Waals surface area contributed by atoms with Crippen LogP contribution in [0, 0.1) is 5.82 Å². The minimum Gasteiger partial charge on any atom is -0.365 e. The predicted molar refractivity (Wildman–Crippen MR) is 87.4 cm³/mol. The van der Waals surface area contributed by atoms with Crippen LogP contribution in [0.4, 0.5) is 10.2 Å². The van der Waals surface area contributed by atoms with E-state index in [1.54, 1.807) is 6.07 Å². The number of para-hydroxylation sites is 1. The summed E-state index contributed by atoms with van der Waals surface area (Å²) in [6.45, 7) is 4.66. The number of rotatable bonds is 4. The smallest absolute Gasteiger partial charge is 0.137 e. The van der Waals surface area contributed by atoms with Gasteiger partial charge in [0.1, 0.15) is 17.5 Å². The van der Waals surface area contributed by atoms with Crippen LogP contribution in [0.25, 0.3) is 10.9 Å². The third kappa shape index (κ3) is 3.06. The number of anilines is 1. The Balaban J connectivity index is 1.95. The fourth-order valence-corrected chi connectivity index (χ4v) is 2.32. The van der Waals surface area contributed by atoms with E-state index in [1.165, 1.54) is 12.1 Å². The molecule has 0 unspecified atom stereocenters. The SMILES string of the molecule is CC(C)c1nc(NCc2cccc(F)c2)c2ccccc2n1. The lowest BCUT2D eigenvalue weighted by atomic mass is 10.1. The molecule has 3 aromatic rings. The van der Waals surface area contributed by atoms with Gasteiger partial charge >= 0.3 is 0 Å². The fraction of sp³-hybridized carbons (Fsp3) is 0.222. The predicted octanol–water partition coefficient (Wildman–Crippen LogP) is 4.50. The highest BCUT2D eigenvalue weighted by atomic mass is 19.1. The van der Waals surface area contributed by atoms with E-state index in [0.29, 0.717) is 6.54 Å². The molecule has 3 nitrogen and oxygen atoms in total. The lowest BCUT2D eigenvalue weighted by Gasteiger charge is -2.12. The van der Waals surface area contributed by atoms with Crippen molar-refractivity contribution in [1.29, 1.82) is 0 Å². The van der Waals surface area contributed by atoms with Crippen molar-refractivity contribution in [2.45, 2.75) is 26.3 Å². The van der Waals surface area contributed by atoms with E-state index in [4.69, 9.17) is 0 Å². The summed E-state index contributed by atoms with van der Waals surface area (Å²) in [4.78, 5) is 9.22. The summed E-state index contributed by atoms with van der Waals surface area (Å²) in [5.41, 5.74) is 1.80. The van der Waals surface area contributed by atoms with E-state index < -0.39 is 0 Å². The summed E-state index contributed by atoms with van der Waals surface area (Å²) in [5.74, 6) is 1.62. The summed E-state index contributed by atoms with van der Waals surface area (Å²) in [5, 5.41) is 4.28. The number of benzene rings is 2. The molecule has 0 radical (unpaired) electrons. The molecule has 0 aliphatic heterocycles. The Morgan fingerprint density at radius 3 is 2.64 bits per heavy atom. The van der Waals surface area contributed by atoms with Crippen molar-refractivity contribution in [1.82, 2.24) is 9.97 Å². The number of nitrogens with zero attached hydrogens (tertiary/aromatic N) is 2. The molecular weight excluding hydrogens is 277 g/mol. The second-order valence-corrected chi connectivity index (χ2v) is 5.59. The second kappa shape index (κ2) is 6.10. The largest absolute Gasteiger partial charge is 0.365 e. The van der Waals surface area contributed by atoms with Gasteiger partial charge in [0.2, 0.25) is 0 Å². The molecule has 112 valence electrons. The van der Waals surface area contributed by atoms with Crippen LogP contribution in [0.2, 0.25) is 0 Å². The number of halogens is 1. The Labute approximate surface area is 129 Å². The van der Waals surface area contributed by atoms with Crippen molar-refractivity contribution < 1.29 is 4.39 Å². The molecule has 0 amide bonds. The molecule has 4 heteroatoms. The maximum Gasteiger partial charge on any atom is 0.137 e. The lowest BCUT2D eigenvalue weighted by Crippen LogP contribution is -2.06. The zero-order valence-electron chi connectivity index (χ0n) is 12.7. The van der Waals surface area contributed by atoms with Crippen LogP contribution in [0.1, 0.15) is 31.2 Å². The molecule has 3 rings (SSSR count). The zero-order valence-corrected chi connectivity index (χ0v) is 12.7. The molecule has 0 saturated carbocycles. The molecule has 22 heavy (non-hydrogen) atoms. The summed E-state index contributed by atoms with van der Waals surface area (Å²) < 4.78 is 13.3. The number of hydrogen-bond donors (Lipinski definition) is 1. The minimum absolute atomic E-state index is 0.227. The van der Waals surface area contributed by atoms with Crippen LogP contribution in [0.5, 0.6) is 0 Å². The van der Waals surface area contributed by atoms with Gasteiger partial charge < -0.3 is 5.32 Å². The average molecular weight is 295 g/mol. The van der Waals surface area contributed by atoms with Crippen molar-refractivity contribution in [3.63, 3.8) is 0 Å². The molecule has 0 fully saturated rings. The van der Waals surface area contributed by atoms with Crippen molar-refractivity contribution >= 4 is 16.7 Å². The van der Waals surface area contributed by atoms with E-state index in [2.05, 4.69) is 29.1 Å². The van der Waals surface area contributed by atoms with E-state index in [9.17, 15) is 4.39 Å². The average Bonchev–Trinajstić information content (AvgIpc) is 2.52. The first-order valence-corrected chi connectivity index (χ1v) is 7.38. The highest BCUT2D eigenvalue weighted by molar-refractivity contribution is 5.89. The van der Waals surface area contributed by atoms with Gasteiger partial charge in [0.25, 0.3) is 0 Å². The lowest BCUT2D eigenvalue weighted by molar-refractivity contribution is 0.626. The van der Waals surface area contributed by atoms with E-state index in [1.807, 2.05) is 30.3 Å². The van der Waals surface area contributed by atoms with Gasteiger partial charge in [-0.2, -0.15) is 0 Å². The Morgan fingerprint density at radius 1 is 1.05 bits per heavy atom. The van der Waals surface area contributed by atoms with Gasteiger partial charge in [-0.1, -0.05) is 38.1 Å². The third-order valence-electron chi connectivity index (χ3n) is 3.49. The van der Waals surface area contributed by atoms with Crippen molar-refractivity contribution in [2.24, 2.45) is 0 Å². The molecule has 0 aliphatic rings. The van der Waals surface area contributed by atoms with Gasteiger partial charge in [0.15, 0.2) is 0 Å². The highest BCUT2D eigenvalue weighted by Crippen LogP contribution is 2.23. The Bertz CT molecular complexity index is 799. The molecule has 0 aliphatic carbocycles. The first-order valence-electron chi connectivity index (χ1n) is 7.38. The van der Waals surface area contributed by atoms with Crippen LogP contribution in [0.3, 0.4) is 0 Å². The van der Waals surface area contributed by atoms with Gasteiger partial charge in [-0.05, 0) is 29.8 Å². The first-order chi connectivity index (χ1) is 10.6. The molecule has 1 heterocycles. The van der Waals surface area contributed by atoms with Crippen molar-refractivity contribution in [3.8, 4) is 0 Å². The van der Waals surface area contributed by atoms with Crippen LogP contribution < -0.4 is 5.32 Å². The molecule has 0 atom stereocenters. The quantitative estimate of drug-likeness (QED) is 0.770. The molecule has 0 bridgehead atoms. The monoisotopic (exact) mass is 295 g/mol. The van der Waals surface area contributed by atoms with Gasteiger partial charge in [0.05, 0.1) is 5.52 Å². The van der Waals surface area contributed by atoms with Gasteiger partial charge in [-0.15, -0.1) is 0 Å². The van der Waals surface area contributed by atoms with Crippen molar-refractivity contribution in [2.75, 3.05) is 5.32 Å². The summed E-state index contributed by atoms with van der Waals surface area (Å²) in [7, 11) is 0. The number of aromatic nitrogens is 2. The number of fused-ring (bicyclic) bond motifs is 1. The highest BCUT2D eigenvalue weighted by Gasteiger charge is 2.10.